The van der Waals surface area contributed by atoms with Gasteiger partial charge >= 0.3 is 11.9 Å². The van der Waals surface area contributed by atoms with Crippen LogP contribution in [0, 0.1) is 12.3 Å². The summed E-state index contributed by atoms with van der Waals surface area (Å²) in [7, 11) is 0. The lowest BCUT2D eigenvalue weighted by atomic mass is 10.4. The predicted molar refractivity (Wildman–Crippen MR) is 46.5 cm³/mol. The minimum atomic E-state index is -1.29. The van der Waals surface area contributed by atoms with Crippen molar-refractivity contribution in [2.45, 2.75) is 0 Å². The summed E-state index contributed by atoms with van der Waals surface area (Å²) in [5.74, 6) is -0.452. The van der Waals surface area contributed by atoms with Crippen LogP contribution in [0.3, 0.4) is 0 Å². The molecule has 0 aromatic carbocycles. The molecule has 6 heteroatoms. The molecule has 1 rings (SSSR count). The fraction of sp³-hybridized carbons (Fsp3) is 0. The molecule has 1 amide bonds. The maximum atomic E-state index is 10.7. The molecule has 0 aliphatic rings. The zero-order valence-electron chi connectivity index (χ0n) is 6.89. The van der Waals surface area contributed by atoms with E-state index in [1.807, 2.05) is 0 Å². The minimum absolute atomic E-state index is 0.164. The molecule has 0 aliphatic carbocycles. The lowest BCUT2D eigenvalue weighted by Crippen LogP contribution is -2.14. The molecular weight excluding hydrogens is 186 g/mol. The summed E-state index contributed by atoms with van der Waals surface area (Å²) in [6.07, 6.45) is 7.24. The normalized spacial score (nSPS) is 8.79. The topological polar surface area (TPSA) is 92.2 Å². The fourth-order valence-corrected chi connectivity index (χ4v) is 0.730. The molecule has 0 radical (unpaired) electrons. The SMILES string of the molecule is C#CC(=O)Nc1nccnc1C(=O)O. The van der Waals surface area contributed by atoms with E-state index in [1.54, 1.807) is 5.92 Å². The molecule has 14 heavy (non-hydrogen) atoms. The van der Waals surface area contributed by atoms with Crippen molar-refractivity contribution in [2.75, 3.05) is 5.32 Å². The Bertz CT molecular complexity index is 422. The Morgan fingerprint density at radius 2 is 2.07 bits per heavy atom. The van der Waals surface area contributed by atoms with Gasteiger partial charge in [0.1, 0.15) is 0 Å². The molecule has 1 aromatic heterocycles. The molecule has 0 saturated heterocycles. The lowest BCUT2D eigenvalue weighted by Gasteiger charge is -2.01. The quantitative estimate of drug-likeness (QED) is 0.628. The summed E-state index contributed by atoms with van der Waals surface area (Å²) in [4.78, 5) is 28.5. The van der Waals surface area contributed by atoms with Gasteiger partial charge in [0, 0.05) is 12.4 Å². The molecule has 0 aliphatic heterocycles. The highest BCUT2D eigenvalue weighted by atomic mass is 16.4. The van der Waals surface area contributed by atoms with Gasteiger partial charge in [0.2, 0.25) is 0 Å². The van der Waals surface area contributed by atoms with E-state index >= 15 is 0 Å². The van der Waals surface area contributed by atoms with Gasteiger partial charge in [-0.3, -0.25) is 10.1 Å². The molecule has 2 N–H and O–H groups in total. The lowest BCUT2D eigenvalue weighted by molar-refractivity contribution is -0.111. The molecule has 0 saturated carbocycles. The number of aromatic carboxylic acids is 1. The number of terminal acetylenes is 1. The van der Waals surface area contributed by atoms with E-state index in [0.29, 0.717) is 0 Å². The number of nitrogens with zero attached hydrogens (tertiary/aromatic N) is 2. The van der Waals surface area contributed by atoms with Crippen molar-refractivity contribution in [3.05, 3.63) is 18.1 Å². The Kier molecular flexibility index (Phi) is 2.76. The van der Waals surface area contributed by atoms with Gasteiger partial charge in [-0.15, -0.1) is 6.42 Å². The summed E-state index contributed by atoms with van der Waals surface area (Å²) < 4.78 is 0. The first-order valence-corrected chi connectivity index (χ1v) is 3.47. The second-order valence-electron chi connectivity index (χ2n) is 2.16. The van der Waals surface area contributed by atoms with Crippen molar-refractivity contribution < 1.29 is 14.7 Å². The fourth-order valence-electron chi connectivity index (χ4n) is 0.730. The number of rotatable bonds is 2. The minimum Gasteiger partial charge on any atom is -0.476 e. The summed E-state index contributed by atoms with van der Waals surface area (Å²) in [6.45, 7) is 0. The van der Waals surface area contributed by atoms with Crippen LogP contribution in [-0.4, -0.2) is 27.0 Å². The van der Waals surface area contributed by atoms with Gasteiger partial charge in [0.25, 0.3) is 0 Å². The van der Waals surface area contributed by atoms with Crippen molar-refractivity contribution in [3.63, 3.8) is 0 Å². The van der Waals surface area contributed by atoms with Crippen LogP contribution in [0.15, 0.2) is 12.4 Å². The second kappa shape index (κ2) is 4.00. The highest BCUT2D eigenvalue weighted by Crippen LogP contribution is 2.07. The van der Waals surface area contributed by atoms with Crippen molar-refractivity contribution in [2.24, 2.45) is 0 Å². The Morgan fingerprint density at radius 3 is 2.64 bits per heavy atom. The van der Waals surface area contributed by atoms with E-state index in [0.717, 1.165) is 0 Å². The molecule has 0 spiro atoms. The maximum absolute atomic E-state index is 10.7. The van der Waals surface area contributed by atoms with Crippen molar-refractivity contribution in [1.29, 1.82) is 0 Å². The number of carbonyl (C=O) groups excluding carboxylic acids is 1. The standard InChI is InChI=1S/C8H5N3O3/c1-2-5(12)11-7-6(8(13)14)9-3-4-10-7/h1,3-4H,(H,13,14)(H,10,11,12). The largest absolute Gasteiger partial charge is 0.476 e. The van der Waals surface area contributed by atoms with Gasteiger partial charge in [-0.05, 0) is 5.92 Å². The summed E-state index contributed by atoms with van der Waals surface area (Å²) in [6, 6.07) is 0. The summed E-state index contributed by atoms with van der Waals surface area (Å²) >= 11 is 0. The van der Waals surface area contributed by atoms with E-state index < -0.39 is 11.9 Å². The van der Waals surface area contributed by atoms with Crippen LogP contribution in [0.1, 0.15) is 10.5 Å². The zero-order chi connectivity index (χ0) is 10.6. The molecule has 1 heterocycles. The van der Waals surface area contributed by atoms with Gasteiger partial charge in [-0.1, -0.05) is 0 Å². The number of hydrogen-bond acceptors (Lipinski definition) is 4. The molecule has 70 valence electrons. The number of amides is 1. The van der Waals surface area contributed by atoms with Crippen molar-refractivity contribution in [1.82, 2.24) is 9.97 Å². The van der Waals surface area contributed by atoms with E-state index in [2.05, 4.69) is 15.3 Å². The molecule has 0 unspecified atom stereocenters. The average molecular weight is 191 g/mol. The van der Waals surface area contributed by atoms with Crippen LogP contribution in [0.2, 0.25) is 0 Å². The third-order valence-electron chi connectivity index (χ3n) is 1.26. The number of carboxylic acid groups (broad SMARTS) is 1. The third-order valence-corrected chi connectivity index (χ3v) is 1.26. The highest BCUT2D eigenvalue weighted by Gasteiger charge is 2.13. The van der Waals surface area contributed by atoms with Crippen LogP contribution in [0.5, 0.6) is 0 Å². The average Bonchev–Trinajstić information content (AvgIpc) is 2.18. The number of aromatic nitrogens is 2. The number of carboxylic acids is 1. The van der Waals surface area contributed by atoms with E-state index in [1.165, 1.54) is 12.4 Å². The van der Waals surface area contributed by atoms with Crippen LogP contribution in [0.25, 0.3) is 0 Å². The number of anilines is 1. The highest BCUT2D eigenvalue weighted by molar-refractivity contribution is 6.05. The maximum Gasteiger partial charge on any atom is 0.358 e. The Labute approximate surface area is 79.0 Å². The van der Waals surface area contributed by atoms with Gasteiger partial charge in [0.05, 0.1) is 0 Å². The number of carbonyl (C=O) groups is 2. The number of nitrogens with one attached hydrogen (secondary N) is 1. The third kappa shape index (κ3) is 2.04. The molecule has 1 aromatic rings. The Hall–Kier alpha value is -2.42. The monoisotopic (exact) mass is 191 g/mol. The molecule has 0 fully saturated rings. The molecule has 0 bridgehead atoms. The van der Waals surface area contributed by atoms with E-state index in [9.17, 15) is 9.59 Å². The van der Waals surface area contributed by atoms with E-state index in [4.69, 9.17) is 11.5 Å². The smallest absolute Gasteiger partial charge is 0.358 e. The first-order valence-electron chi connectivity index (χ1n) is 3.47. The van der Waals surface area contributed by atoms with Crippen molar-refractivity contribution >= 4 is 17.7 Å². The van der Waals surface area contributed by atoms with Crippen LogP contribution in [0.4, 0.5) is 5.82 Å². The molecular formula is C8H5N3O3. The van der Waals surface area contributed by atoms with Gasteiger partial charge < -0.3 is 5.11 Å². The molecule has 6 nitrogen and oxygen atoms in total. The Morgan fingerprint density at radius 1 is 1.43 bits per heavy atom. The van der Waals surface area contributed by atoms with Crippen LogP contribution >= 0.6 is 0 Å². The predicted octanol–water partition coefficient (Wildman–Crippen LogP) is -0.254. The van der Waals surface area contributed by atoms with Gasteiger partial charge in [0.15, 0.2) is 11.5 Å². The summed E-state index contributed by atoms with van der Waals surface area (Å²) in [5, 5.41) is 10.8. The first-order chi connectivity index (χ1) is 6.65. The van der Waals surface area contributed by atoms with Gasteiger partial charge in [-0.25, -0.2) is 14.8 Å². The zero-order valence-corrected chi connectivity index (χ0v) is 6.89. The van der Waals surface area contributed by atoms with Gasteiger partial charge in [-0.2, -0.15) is 0 Å². The Balaban J connectivity index is 3.03. The van der Waals surface area contributed by atoms with Crippen LogP contribution in [-0.2, 0) is 4.79 Å². The first kappa shape index (κ1) is 9.67. The summed E-state index contributed by atoms with van der Waals surface area (Å²) in [5.41, 5.74) is -0.351. The second-order valence-corrected chi connectivity index (χ2v) is 2.16. The molecule has 0 atom stereocenters. The van der Waals surface area contributed by atoms with Crippen molar-refractivity contribution in [3.8, 4) is 12.3 Å². The van der Waals surface area contributed by atoms with E-state index in [-0.39, 0.29) is 11.5 Å². The number of hydrogen-bond donors (Lipinski definition) is 2. The van der Waals surface area contributed by atoms with Crippen LogP contribution < -0.4 is 5.32 Å².